The van der Waals surface area contributed by atoms with E-state index in [4.69, 9.17) is 5.26 Å². The number of nitrogens with zero attached hydrogens (tertiary/aromatic N) is 3. The van der Waals surface area contributed by atoms with E-state index >= 15 is 0 Å². The number of hydrogen-bond donors (Lipinski definition) is 1. The number of benzene rings is 2. The molecule has 4 nitrogen and oxygen atoms in total. The van der Waals surface area contributed by atoms with Gasteiger partial charge in [0.1, 0.15) is 11.8 Å². The molecule has 0 radical (unpaired) electrons. The Morgan fingerprint density at radius 2 is 1.72 bits per heavy atom. The fourth-order valence-electron chi connectivity index (χ4n) is 2.58. The highest BCUT2D eigenvalue weighted by atomic mass is 19.4. The van der Waals surface area contributed by atoms with Gasteiger partial charge in [0.2, 0.25) is 0 Å². The molecular formula is C18H13F3N4. The average molecular weight is 342 g/mol. The molecular weight excluding hydrogens is 329 g/mol. The summed E-state index contributed by atoms with van der Waals surface area (Å²) in [5.41, 5.74) is 1.19. The molecule has 2 aromatic carbocycles. The van der Waals surface area contributed by atoms with E-state index in [1.165, 1.54) is 0 Å². The first-order valence-corrected chi connectivity index (χ1v) is 7.54. The molecule has 0 aliphatic carbocycles. The summed E-state index contributed by atoms with van der Waals surface area (Å²) in [6.45, 7) is 0. The lowest BCUT2D eigenvalue weighted by Gasteiger charge is -2.11. The maximum absolute atomic E-state index is 13.2. The van der Waals surface area contributed by atoms with Crippen molar-refractivity contribution in [3.63, 3.8) is 0 Å². The Balaban J connectivity index is 1.97. The van der Waals surface area contributed by atoms with E-state index in [2.05, 4.69) is 15.4 Å². The number of aromatic nitrogens is 3. The first-order chi connectivity index (χ1) is 12.0. The summed E-state index contributed by atoms with van der Waals surface area (Å²) >= 11 is 0. The van der Waals surface area contributed by atoms with Crippen LogP contribution in [0.15, 0.2) is 48.5 Å². The van der Waals surface area contributed by atoms with Crippen LogP contribution in [0.25, 0.3) is 11.3 Å². The highest BCUT2D eigenvalue weighted by molar-refractivity contribution is 5.66. The lowest BCUT2D eigenvalue weighted by molar-refractivity contribution is -0.137. The maximum Gasteiger partial charge on any atom is 0.416 e. The second-order valence-electron chi connectivity index (χ2n) is 5.55. The number of nitriles is 1. The van der Waals surface area contributed by atoms with E-state index in [9.17, 15) is 13.2 Å². The standard InChI is InChI=1S/C18H13F3N4/c19-18(20,21)15-9-13(7-6-12-4-2-1-3-5-12)8-14(10-15)17-16(11-22)23-25-24-17/h1-5,8-10H,6-7H2,(H,23,24,25). The molecule has 0 aliphatic rings. The molecule has 0 atom stereocenters. The first kappa shape index (κ1) is 16.7. The van der Waals surface area contributed by atoms with Crippen LogP contribution in [0.5, 0.6) is 0 Å². The molecule has 1 aromatic heterocycles. The molecule has 3 rings (SSSR count). The van der Waals surface area contributed by atoms with Crippen molar-refractivity contribution < 1.29 is 13.2 Å². The number of aryl methyl sites for hydroxylation is 2. The van der Waals surface area contributed by atoms with Crippen molar-refractivity contribution in [3.8, 4) is 17.3 Å². The summed E-state index contributed by atoms with van der Waals surface area (Å²) in [4.78, 5) is 0. The molecule has 0 amide bonds. The third kappa shape index (κ3) is 3.86. The molecule has 0 fully saturated rings. The van der Waals surface area contributed by atoms with Gasteiger partial charge < -0.3 is 0 Å². The lowest BCUT2D eigenvalue weighted by Crippen LogP contribution is -2.07. The summed E-state index contributed by atoms with van der Waals surface area (Å²) in [5, 5.41) is 18.7. The smallest absolute Gasteiger partial charge is 0.247 e. The second-order valence-corrected chi connectivity index (χ2v) is 5.55. The Hall–Kier alpha value is -3.14. The van der Waals surface area contributed by atoms with Crippen LogP contribution in [0, 0.1) is 11.3 Å². The third-order valence-electron chi connectivity index (χ3n) is 3.80. The van der Waals surface area contributed by atoms with Crippen LogP contribution in [0.2, 0.25) is 0 Å². The first-order valence-electron chi connectivity index (χ1n) is 7.54. The monoisotopic (exact) mass is 342 g/mol. The van der Waals surface area contributed by atoms with Crippen LogP contribution in [0.3, 0.4) is 0 Å². The number of H-pyrrole nitrogens is 1. The Kier molecular flexibility index (Phi) is 4.52. The minimum atomic E-state index is -4.48. The number of aromatic amines is 1. The van der Waals surface area contributed by atoms with Gasteiger partial charge in [-0.25, -0.2) is 5.10 Å². The van der Waals surface area contributed by atoms with Gasteiger partial charge in [0.05, 0.1) is 5.56 Å². The molecule has 0 aliphatic heterocycles. The summed E-state index contributed by atoms with van der Waals surface area (Å²) in [7, 11) is 0. The zero-order chi connectivity index (χ0) is 17.9. The van der Waals surface area contributed by atoms with Gasteiger partial charge in [-0.3, -0.25) is 0 Å². The van der Waals surface area contributed by atoms with Gasteiger partial charge in [-0.15, -0.1) is 5.10 Å². The van der Waals surface area contributed by atoms with Gasteiger partial charge in [0.15, 0.2) is 5.69 Å². The van der Waals surface area contributed by atoms with E-state index in [1.54, 1.807) is 6.07 Å². The molecule has 126 valence electrons. The van der Waals surface area contributed by atoms with Gasteiger partial charge in [-0.1, -0.05) is 35.5 Å². The van der Waals surface area contributed by atoms with Crippen molar-refractivity contribution >= 4 is 0 Å². The van der Waals surface area contributed by atoms with Crippen LogP contribution in [0.1, 0.15) is 22.4 Å². The van der Waals surface area contributed by atoms with Gasteiger partial charge in [-0.05, 0) is 42.2 Å². The number of nitrogens with one attached hydrogen (secondary N) is 1. The summed E-state index contributed by atoms with van der Waals surface area (Å²) in [6, 6.07) is 15.1. The quantitative estimate of drug-likeness (QED) is 0.775. The predicted octanol–water partition coefficient (Wildman–Crippen LogP) is 4.15. The summed E-state index contributed by atoms with van der Waals surface area (Å²) in [5.74, 6) is 0. The lowest BCUT2D eigenvalue weighted by atomic mass is 9.98. The zero-order valence-electron chi connectivity index (χ0n) is 13.0. The van der Waals surface area contributed by atoms with E-state index in [1.807, 2.05) is 36.4 Å². The number of alkyl halides is 3. The van der Waals surface area contributed by atoms with Crippen LogP contribution < -0.4 is 0 Å². The van der Waals surface area contributed by atoms with Crippen LogP contribution >= 0.6 is 0 Å². The van der Waals surface area contributed by atoms with Crippen LogP contribution in [0.4, 0.5) is 13.2 Å². The van der Waals surface area contributed by atoms with Gasteiger partial charge in [0, 0.05) is 5.56 Å². The molecule has 0 spiro atoms. The normalized spacial score (nSPS) is 11.3. The van der Waals surface area contributed by atoms with Crippen molar-refractivity contribution in [1.29, 1.82) is 5.26 Å². The number of halogens is 3. The number of rotatable bonds is 4. The topological polar surface area (TPSA) is 65.4 Å². The van der Waals surface area contributed by atoms with E-state index in [0.717, 1.165) is 17.7 Å². The molecule has 0 saturated carbocycles. The molecule has 1 N–H and O–H groups in total. The van der Waals surface area contributed by atoms with Gasteiger partial charge >= 0.3 is 6.18 Å². The zero-order valence-corrected chi connectivity index (χ0v) is 13.0. The highest BCUT2D eigenvalue weighted by Crippen LogP contribution is 2.33. The Labute approximate surface area is 141 Å². The Morgan fingerprint density at radius 3 is 2.40 bits per heavy atom. The summed E-state index contributed by atoms with van der Waals surface area (Å²) in [6.07, 6.45) is -3.42. The third-order valence-corrected chi connectivity index (χ3v) is 3.80. The number of hydrogen-bond acceptors (Lipinski definition) is 3. The molecule has 3 aromatic rings. The van der Waals surface area contributed by atoms with Crippen molar-refractivity contribution in [2.45, 2.75) is 19.0 Å². The van der Waals surface area contributed by atoms with Crippen LogP contribution in [-0.2, 0) is 19.0 Å². The van der Waals surface area contributed by atoms with E-state index in [-0.39, 0.29) is 17.0 Å². The van der Waals surface area contributed by atoms with Crippen molar-refractivity contribution in [2.75, 3.05) is 0 Å². The van der Waals surface area contributed by atoms with Gasteiger partial charge in [0.25, 0.3) is 0 Å². The molecule has 0 unspecified atom stereocenters. The Morgan fingerprint density at radius 1 is 1.00 bits per heavy atom. The predicted molar refractivity (Wildman–Crippen MR) is 85.4 cm³/mol. The second kappa shape index (κ2) is 6.77. The molecule has 7 heteroatoms. The minimum Gasteiger partial charge on any atom is -0.247 e. The van der Waals surface area contributed by atoms with Crippen molar-refractivity contribution in [1.82, 2.24) is 15.4 Å². The minimum absolute atomic E-state index is 0.0355. The molecule has 0 saturated heterocycles. The summed E-state index contributed by atoms with van der Waals surface area (Å²) < 4.78 is 39.7. The fourth-order valence-corrected chi connectivity index (χ4v) is 2.58. The average Bonchev–Trinajstić information content (AvgIpc) is 3.08. The fraction of sp³-hybridized carbons (Fsp3) is 0.167. The molecule has 1 heterocycles. The highest BCUT2D eigenvalue weighted by Gasteiger charge is 2.31. The van der Waals surface area contributed by atoms with Crippen molar-refractivity contribution in [3.05, 3.63) is 70.9 Å². The van der Waals surface area contributed by atoms with Crippen LogP contribution in [-0.4, -0.2) is 15.4 Å². The molecule has 25 heavy (non-hydrogen) atoms. The molecule has 0 bridgehead atoms. The van der Waals surface area contributed by atoms with E-state index in [0.29, 0.717) is 18.4 Å². The van der Waals surface area contributed by atoms with Crippen molar-refractivity contribution in [2.24, 2.45) is 0 Å². The maximum atomic E-state index is 13.2. The SMILES string of the molecule is N#Cc1[nH]nnc1-c1cc(CCc2ccccc2)cc(C(F)(F)F)c1. The Bertz CT molecular complexity index is 908. The van der Waals surface area contributed by atoms with E-state index < -0.39 is 11.7 Å². The van der Waals surface area contributed by atoms with Gasteiger partial charge in [-0.2, -0.15) is 18.4 Å². The largest absolute Gasteiger partial charge is 0.416 e.